The van der Waals surface area contributed by atoms with Crippen molar-refractivity contribution in [3.05, 3.63) is 29.2 Å². The molecule has 0 amide bonds. The minimum absolute atomic E-state index is 0.150. The van der Waals surface area contributed by atoms with Crippen LogP contribution in [0.5, 0.6) is 0 Å². The summed E-state index contributed by atoms with van der Waals surface area (Å²) in [4.78, 5) is 0. The molecule has 0 spiro atoms. The standard InChI is InChI=1S/C9H7F3N2/c1-4-2-5(10)3-6-7(4)13-14-8(6)9(11)12/h2-3,9H,1H3,(H,13,14). The fourth-order valence-electron chi connectivity index (χ4n) is 1.43. The highest BCUT2D eigenvalue weighted by atomic mass is 19.3. The maximum atomic E-state index is 12.9. The van der Waals surface area contributed by atoms with E-state index in [0.29, 0.717) is 11.1 Å². The van der Waals surface area contributed by atoms with Gasteiger partial charge in [0.2, 0.25) is 0 Å². The number of H-pyrrole nitrogens is 1. The molecular weight excluding hydrogens is 193 g/mol. The Kier molecular flexibility index (Phi) is 1.94. The molecule has 0 aliphatic rings. The molecule has 0 saturated heterocycles. The molecule has 14 heavy (non-hydrogen) atoms. The van der Waals surface area contributed by atoms with Crippen molar-refractivity contribution in [1.29, 1.82) is 0 Å². The summed E-state index contributed by atoms with van der Waals surface area (Å²) < 4.78 is 37.7. The highest BCUT2D eigenvalue weighted by Gasteiger charge is 2.16. The number of hydrogen-bond donors (Lipinski definition) is 1. The predicted molar refractivity (Wildman–Crippen MR) is 45.7 cm³/mol. The van der Waals surface area contributed by atoms with E-state index >= 15 is 0 Å². The van der Waals surface area contributed by atoms with E-state index in [0.717, 1.165) is 6.07 Å². The topological polar surface area (TPSA) is 28.7 Å². The number of benzene rings is 1. The summed E-state index contributed by atoms with van der Waals surface area (Å²) in [6.07, 6.45) is -2.67. The number of rotatable bonds is 1. The van der Waals surface area contributed by atoms with Crippen molar-refractivity contribution in [1.82, 2.24) is 10.2 Å². The first-order valence-corrected chi connectivity index (χ1v) is 4.02. The van der Waals surface area contributed by atoms with Crippen molar-refractivity contribution in [3.8, 4) is 0 Å². The lowest BCUT2D eigenvalue weighted by Gasteiger charge is -1.97. The Morgan fingerprint density at radius 2 is 2.07 bits per heavy atom. The Labute approximate surface area is 77.7 Å². The molecule has 0 aliphatic heterocycles. The third kappa shape index (κ3) is 1.25. The molecule has 2 nitrogen and oxygen atoms in total. The van der Waals surface area contributed by atoms with Crippen LogP contribution in [-0.4, -0.2) is 10.2 Å². The Balaban J connectivity index is 2.78. The average Bonchev–Trinajstić information content (AvgIpc) is 2.47. The third-order valence-electron chi connectivity index (χ3n) is 2.06. The molecular formula is C9H7F3N2. The van der Waals surface area contributed by atoms with Crippen molar-refractivity contribution in [3.63, 3.8) is 0 Å². The quantitative estimate of drug-likeness (QED) is 0.753. The van der Waals surface area contributed by atoms with Crippen molar-refractivity contribution >= 4 is 10.9 Å². The number of nitrogens with zero attached hydrogens (tertiary/aromatic N) is 1. The predicted octanol–water partition coefficient (Wildman–Crippen LogP) is 2.95. The Hall–Kier alpha value is -1.52. The van der Waals surface area contributed by atoms with Gasteiger partial charge in [-0.25, -0.2) is 13.2 Å². The van der Waals surface area contributed by atoms with Crippen LogP contribution in [0.15, 0.2) is 12.1 Å². The Morgan fingerprint density at radius 1 is 1.36 bits per heavy atom. The van der Waals surface area contributed by atoms with Crippen molar-refractivity contribution in [2.75, 3.05) is 0 Å². The summed E-state index contributed by atoms with van der Waals surface area (Å²) >= 11 is 0. The molecule has 0 saturated carbocycles. The summed E-state index contributed by atoms with van der Waals surface area (Å²) in [5, 5.41) is 6.07. The number of aryl methyl sites for hydroxylation is 1. The van der Waals surface area contributed by atoms with Gasteiger partial charge in [0.05, 0.1) is 5.52 Å². The first-order valence-electron chi connectivity index (χ1n) is 4.02. The van der Waals surface area contributed by atoms with Crippen LogP contribution in [0, 0.1) is 12.7 Å². The number of nitrogens with one attached hydrogen (secondary N) is 1. The molecule has 0 fully saturated rings. The second-order valence-corrected chi connectivity index (χ2v) is 3.06. The van der Waals surface area contributed by atoms with E-state index in [4.69, 9.17) is 0 Å². The molecule has 1 heterocycles. The summed E-state index contributed by atoms with van der Waals surface area (Å²) in [6, 6.07) is 2.33. The summed E-state index contributed by atoms with van der Waals surface area (Å²) in [5.41, 5.74) is 0.604. The van der Waals surface area contributed by atoms with E-state index in [2.05, 4.69) is 10.2 Å². The van der Waals surface area contributed by atoms with Crippen LogP contribution in [0.3, 0.4) is 0 Å². The largest absolute Gasteiger partial charge is 0.280 e. The lowest BCUT2D eigenvalue weighted by atomic mass is 10.1. The number of hydrogen-bond acceptors (Lipinski definition) is 1. The Morgan fingerprint density at radius 3 is 2.71 bits per heavy atom. The van der Waals surface area contributed by atoms with Crippen LogP contribution in [-0.2, 0) is 0 Å². The van der Waals surface area contributed by atoms with E-state index < -0.39 is 12.2 Å². The molecule has 1 aromatic carbocycles. The van der Waals surface area contributed by atoms with Gasteiger partial charge in [-0.2, -0.15) is 5.10 Å². The summed E-state index contributed by atoms with van der Waals surface area (Å²) in [7, 11) is 0. The first-order chi connectivity index (χ1) is 6.59. The van der Waals surface area contributed by atoms with Crippen LogP contribution in [0.4, 0.5) is 13.2 Å². The maximum Gasteiger partial charge on any atom is 0.280 e. The highest BCUT2D eigenvalue weighted by molar-refractivity contribution is 5.84. The molecule has 0 atom stereocenters. The van der Waals surface area contributed by atoms with Gasteiger partial charge in [-0.3, -0.25) is 5.10 Å². The number of fused-ring (bicyclic) bond motifs is 1. The molecule has 5 heteroatoms. The van der Waals surface area contributed by atoms with Gasteiger partial charge < -0.3 is 0 Å². The molecule has 74 valence electrons. The molecule has 0 bridgehead atoms. The third-order valence-corrected chi connectivity index (χ3v) is 2.06. The monoisotopic (exact) mass is 200 g/mol. The van der Waals surface area contributed by atoms with Crippen molar-refractivity contribution in [2.45, 2.75) is 13.3 Å². The molecule has 2 aromatic rings. The number of aromatic nitrogens is 2. The second kappa shape index (κ2) is 3.01. The lowest BCUT2D eigenvalue weighted by Crippen LogP contribution is -1.85. The van der Waals surface area contributed by atoms with Crippen LogP contribution < -0.4 is 0 Å². The molecule has 0 radical (unpaired) electrons. The highest BCUT2D eigenvalue weighted by Crippen LogP contribution is 2.27. The van der Waals surface area contributed by atoms with Gasteiger partial charge in [0.25, 0.3) is 6.43 Å². The van der Waals surface area contributed by atoms with Gasteiger partial charge in [0.15, 0.2) is 0 Å². The number of halogens is 3. The minimum atomic E-state index is -2.67. The van der Waals surface area contributed by atoms with Crippen LogP contribution in [0.2, 0.25) is 0 Å². The summed E-state index contributed by atoms with van der Waals surface area (Å²) in [5.74, 6) is -0.529. The second-order valence-electron chi connectivity index (χ2n) is 3.06. The normalized spacial score (nSPS) is 11.5. The molecule has 0 aliphatic carbocycles. The minimum Gasteiger partial charge on any atom is -0.276 e. The maximum absolute atomic E-state index is 12.9. The SMILES string of the molecule is Cc1cc(F)cc2c(C(F)F)[nH]nc12. The van der Waals surface area contributed by atoms with Crippen LogP contribution in [0.1, 0.15) is 17.7 Å². The van der Waals surface area contributed by atoms with Gasteiger partial charge >= 0.3 is 0 Å². The van der Waals surface area contributed by atoms with Crippen molar-refractivity contribution < 1.29 is 13.2 Å². The molecule has 1 N–H and O–H groups in total. The smallest absolute Gasteiger partial charge is 0.276 e. The van der Waals surface area contributed by atoms with Gasteiger partial charge in [-0.1, -0.05) is 0 Å². The zero-order valence-electron chi connectivity index (χ0n) is 7.31. The van der Waals surface area contributed by atoms with E-state index in [1.165, 1.54) is 6.07 Å². The van der Waals surface area contributed by atoms with Gasteiger partial charge in [0.1, 0.15) is 11.5 Å². The van der Waals surface area contributed by atoms with E-state index in [1.807, 2.05) is 0 Å². The van der Waals surface area contributed by atoms with E-state index in [-0.39, 0.29) is 11.1 Å². The fraction of sp³-hybridized carbons (Fsp3) is 0.222. The number of alkyl halides is 2. The van der Waals surface area contributed by atoms with Gasteiger partial charge in [-0.15, -0.1) is 0 Å². The molecule has 0 unspecified atom stereocenters. The van der Waals surface area contributed by atoms with E-state index in [1.54, 1.807) is 6.92 Å². The average molecular weight is 200 g/mol. The van der Waals surface area contributed by atoms with E-state index in [9.17, 15) is 13.2 Å². The van der Waals surface area contributed by atoms with Crippen LogP contribution in [0.25, 0.3) is 10.9 Å². The fourth-order valence-corrected chi connectivity index (χ4v) is 1.43. The zero-order chi connectivity index (χ0) is 10.3. The zero-order valence-corrected chi connectivity index (χ0v) is 7.31. The summed E-state index contributed by atoms with van der Waals surface area (Å²) in [6.45, 7) is 1.63. The van der Waals surface area contributed by atoms with Crippen LogP contribution >= 0.6 is 0 Å². The van der Waals surface area contributed by atoms with Gasteiger partial charge in [0, 0.05) is 5.39 Å². The molecule has 2 rings (SSSR count). The number of aromatic amines is 1. The molecule has 1 aromatic heterocycles. The van der Waals surface area contributed by atoms with Gasteiger partial charge in [-0.05, 0) is 24.6 Å². The lowest BCUT2D eigenvalue weighted by molar-refractivity contribution is 0.147. The first kappa shape index (κ1) is 9.05. The Bertz CT molecular complexity index is 476. The van der Waals surface area contributed by atoms with Crippen molar-refractivity contribution in [2.24, 2.45) is 0 Å².